The molecule has 4 unspecified atom stereocenters. The highest BCUT2D eigenvalue weighted by atomic mass is 19.1. The maximum atomic E-state index is 14.9. The van der Waals surface area contributed by atoms with Gasteiger partial charge in [-0.1, -0.05) is 12.1 Å². The van der Waals surface area contributed by atoms with E-state index in [-0.39, 0.29) is 34.5 Å². The molecule has 2 aromatic rings. The maximum Gasteiger partial charge on any atom is 0.168 e. The predicted molar refractivity (Wildman–Crippen MR) is 117 cm³/mol. The number of allylic oxidation sites excluding steroid dienone is 1. The van der Waals surface area contributed by atoms with E-state index in [1.54, 1.807) is 0 Å². The van der Waals surface area contributed by atoms with Gasteiger partial charge in [0.1, 0.15) is 17.5 Å². The topological polar surface area (TPSA) is 33.8 Å². The first-order valence-electron chi connectivity index (χ1n) is 11.0. The van der Waals surface area contributed by atoms with Gasteiger partial charge in [-0.2, -0.15) is 0 Å². The van der Waals surface area contributed by atoms with Crippen LogP contribution in [0.3, 0.4) is 0 Å². The van der Waals surface area contributed by atoms with Gasteiger partial charge in [0.2, 0.25) is 0 Å². The molecule has 0 amide bonds. The minimum atomic E-state index is -0.655. The summed E-state index contributed by atoms with van der Waals surface area (Å²) in [5.74, 6) is -1.03. The van der Waals surface area contributed by atoms with E-state index in [1.807, 2.05) is 12.1 Å². The van der Waals surface area contributed by atoms with E-state index in [9.17, 15) is 8.78 Å². The lowest BCUT2D eigenvalue weighted by Crippen LogP contribution is -2.35. The number of fused-ring (bicyclic) bond motifs is 6. The van der Waals surface area contributed by atoms with Crippen molar-refractivity contribution in [2.24, 2.45) is 5.92 Å². The van der Waals surface area contributed by atoms with E-state index in [2.05, 4.69) is 46.0 Å². The van der Waals surface area contributed by atoms with Crippen LogP contribution in [0.1, 0.15) is 64.7 Å². The van der Waals surface area contributed by atoms with Crippen LogP contribution in [-0.4, -0.2) is 16.7 Å². The molecule has 1 saturated carbocycles. The molecule has 3 heterocycles. The highest BCUT2D eigenvalue weighted by Crippen LogP contribution is 2.67. The Morgan fingerprint density at radius 1 is 1.06 bits per heavy atom. The van der Waals surface area contributed by atoms with E-state index >= 15 is 0 Å². The Morgan fingerprint density at radius 2 is 1.84 bits per heavy atom. The van der Waals surface area contributed by atoms with Crippen molar-refractivity contribution in [3.63, 3.8) is 0 Å². The highest BCUT2D eigenvalue weighted by molar-refractivity contribution is 5.89. The quantitative estimate of drug-likeness (QED) is 0.523. The SMILES string of the molecule is CC1=CC(C)(C)Nc2ccc3c(c21)C(C1CCC2(C)OC12C)Oc1c(F)cc(F)cc1-3. The molecule has 2 aromatic carbocycles. The Morgan fingerprint density at radius 3 is 2.52 bits per heavy atom. The van der Waals surface area contributed by atoms with Gasteiger partial charge in [-0.25, -0.2) is 8.78 Å². The summed E-state index contributed by atoms with van der Waals surface area (Å²) in [6.07, 6.45) is 3.75. The van der Waals surface area contributed by atoms with Crippen LogP contribution < -0.4 is 10.1 Å². The third-order valence-corrected chi connectivity index (χ3v) is 7.95. The van der Waals surface area contributed by atoms with Gasteiger partial charge in [-0.05, 0) is 70.7 Å². The Labute approximate surface area is 181 Å². The zero-order chi connectivity index (χ0) is 21.9. The van der Waals surface area contributed by atoms with Crippen LogP contribution >= 0.6 is 0 Å². The van der Waals surface area contributed by atoms with E-state index in [4.69, 9.17) is 9.47 Å². The molecule has 3 aliphatic heterocycles. The van der Waals surface area contributed by atoms with Crippen LogP contribution in [-0.2, 0) is 4.74 Å². The first-order valence-corrected chi connectivity index (χ1v) is 11.0. The molecule has 2 fully saturated rings. The molecule has 4 atom stereocenters. The highest BCUT2D eigenvalue weighted by Gasteiger charge is 2.73. The summed E-state index contributed by atoms with van der Waals surface area (Å²) >= 11 is 0. The van der Waals surface area contributed by atoms with Crippen molar-refractivity contribution in [1.29, 1.82) is 0 Å². The van der Waals surface area contributed by atoms with E-state index in [0.29, 0.717) is 5.56 Å². The molecule has 1 saturated heterocycles. The van der Waals surface area contributed by atoms with Gasteiger partial charge in [0, 0.05) is 34.4 Å². The van der Waals surface area contributed by atoms with Crippen LogP contribution in [0.2, 0.25) is 0 Å². The van der Waals surface area contributed by atoms with Crippen LogP contribution in [0, 0.1) is 17.6 Å². The van der Waals surface area contributed by atoms with Crippen molar-refractivity contribution >= 4 is 11.3 Å². The molecule has 1 N–H and O–H groups in total. The standard InChI is InChI=1S/C26H27F2NO2/c1-13-12-24(2,3)29-19-7-6-15-16-10-14(27)11-18(28)22(16)30-23(21(15)20(13)19)17-8-9-25(4)26(17,5)31-25/h6-7,10-12,17,23,29H,8-9H2,1-5H3. The summed E-state index contributed by atoms with van der Waals surface area (Å²) in [5.41, 5.74) is 4.96. The second-order valence-electron chi connectivity index (χ2n) is 10.5. The van der Waals surface area contributed by atoms with Gasteiger partial charge in [-0.15, -0.1) is 0 Å². The normalized spacial score (nSPS) is 33.8. The van der Waals surface area contributed by atoms with E-state index in [1.165, 1.54) is 6.07 Å². The van der Waals surface area contributed by atoms with Gasteiger partial charge in [-0.3, -0.25) is 0 Å². The number of epoxide rings is 1. The molecule has 0 bridgehead atoms. The molecule has 3 nitrogen and oxygen atoms in total. The summed E-state index contributed by atoms with van der Waals surface area (Å²) in [6, 6.07) is 6.29. The molecule has 31 heavy (non-hydrogen) atoms. The van der Waals surface area contributed by atoms with Crippen LogP contribution in [0.15, 0.2) is 30.3 Å². The minimum Gasteiger partial charge on any atom is -0.482 e. The van der Waals surface area contributed by atoms with Gasteiger partial charge in [0.05, 0.1) is 11.1 Å². The monoisotopic (exact) mass is 423 g/mol. The lowest BCUT2D eigenvalue weighted by molar-refractivity contribution is 0.0627. The second-order valence-corrected chi connectivity index (χ2v) is 10.5. The van der Waals surface area contributed by atoms with Gasteiger partial charge in [0.25, 0.3) is 0 Å². The number of hydrogen-bond acceptors (Lipinski definition) is 3. The van der Waals surface area contributed by atoms with Gasteiger partial charge >= 0.3 is 0 Å². The summed E-state index contributed by atoms with van der Waals surface area (Å²) < 4.78 is 41.7. The molecular formula is C26H27F2NO2. The molecular weight excluding hydrogens is 396 g/mol. The summed E-state index contributed by atoms with van der Waals surface area (Å²) in [4.78, 5) is 0. The first-order chi connectivity index (χ1) is 14.5. The van der Waals surface area contributed by atoms with Crippen LogP contribution in [0.25, 0.3) is 16.7 Å². The lowest BCUT2D eigenvalue weighted by Gasteiger charge is -2.39. The summed E-state index contributed by atoms with van der Waals surface area (Å²) in [5, 5.41) is 3.60. The number of ether oxygens (including phenoxy) is 2. The second kappa shape index (κ2) is 5.69. The molecule has 1 aliphatic carbocycles. The van der Waals surface area contributed by atoms with Crippen molar-refractivity contribution < 1.29 is 18.3 Å². The third kappa shape index (κ3) is 2.47. The number of nitrogens with one attached hydrogen (secondary N) is 1. The Bertz CT molecular complexity index is 1180. The van der Waals surface area contributed by atoms with Crippen LogP contribution in [0.4, 0.5) is 14.5 Å². The molecule has 6 rings (SSSR count). The Balaban J connectivity index is 1.62. The zero-order valence-corrected chi connectivity index (χ0v) is 18.5. The average molecular weight is 424 g/mol. The first kappa shape index (κ1) is 19.3. The van der Waals surface area contributed by atoms with Gasteiger partial charge < -0.3 is 14.8 Å². The molecule has 4 aliphatic rings. The third-order valence-electron chi connectivity index (χ3n) is 7.95. The number of hydrogen-bond donors (Lipinski definition) is 1. The Kier molecular flexibility index (Phi) is 3.54. The molecule has 5 heteroatoms. The van der Waals surface area contributed by atoms with E-state index < -0.39 is 11.6 Å². The molecule has 0 radical (unpaired) electrons. The summed E-state index contributed by atoms with van der Waals surface area (Å²) in [6.45, 7) is 10.7. The smallest absolute Gasteiger partial charge is 0.168 e. The predicted octanol–water partition coefficient (Wildman–Crippen LogP) is 6.63. The Hall–Kier alpha value is -2.40. The maximum absolute atomic E-state index is 14.9. The largest absolute Gasteiger partial charge is 0.482 e. The summed E-state index contributed by atoms with van der Waals surface area (Å²) in [7, 11) is 0. The fraction of sp³-hybridized carbons (Fsp3) is 0.462. The van der Waals surface area contributed by atoms with E-state index in [0.717, 1.165) is 46.9 Å². The van der Waals surface area contributed by atoms with Crippen molar-refractivity contribution in [2.45, 2.75) is 70.3 Å². The number of benzene rings is 2. The lowest BCUT2D eigenvalue weighted by atomic mass is 9.76. The van der Waals surface area contributed by atoms with Crippen molar-refractivity contribution in [3.8, 4) is 16.9 Å². The van der Waals surface area contributed by atoms with Crippen molar-refractivity contribution in [2.75, 3.05) is 5.32 Å². The number of halogens is 2. The number of anilines is 1. The zero-order valence-electron chi connectivity index (χ0n) is 18.5. The number of rotatable bonds is 1. The molecule has 0 aromatic heterocycles. The fourth-order valence-electron chi connectivity index (χ4n) is 6.38. The molecule has 0 spiro atoms. The van der Waals surface area contributed by atoms with Crippen LogP contribution in [0.5, 0.6) is 5.75 Å². The minimum absolute atomic E-state index is 0.0862. The average Bonchev–Trinajstić information content (AvgIpc) is 3.12. The van der Waals surface area contributed by atoms with Gasteiger partial charge in [0.15, 0.2) is 11.6 Å². The van der Waals surface area contributed by atoms with Crippen molar-refractivity contribution in [3.05, 3.63) is 53.1 Å². The molecule has 162 valence electrons. The van der Waals surface area contributed by atoms with Crippen molar-refractivity contribution in [1.82, 2.24) is 0 Å². The fourth-order valence-corrected chi connectivity index (χ4v) is 6.38.